The van der Waals surface area contributed by atoms with Gasteiger partial charge in [-0.25, -0.2) is 4.98 Å². The highest BCUT2D eigenvalue weighted by atomic mass is 16.1. The van der Waals surface area contributed by atoms with Crippen molar-refractivity contribution >= 4 is 17.7 Å². The highest BCUT2D eigenvalue weighted by Crippen LogP contribution is 2.12. The quantitative estimate of drug-likeness (QED) is 0.612. The largest absolute Gasteiger partial charge is 0.370 e. The van der Waals surface area contributed by atoms with Crippen molar-refractivity contribution in [3.8, 4) is 0 Å². The van der Waals surface area contributed by atoms with E-state index >= 15 is 0 Å². The molecule has 0 saturated carbocycles. The van der Waals surface area contributed by atoms with Gasteiger partial charge in [-0.05, 0) is 20.3 Å². The van der Waals surface area contributed by atoms with Crippen LogP contribution < -0.4 is 16.4 Å². The van der Waals surface area contributed by atoms with Gasteiger partial charge in [0.25, 0.3) is 0 Å². The Hall–Kier alpha value is -1.85. The summed E-state index contributed by atoms with van der Waals surface area (Å²) < 4.78 is 0. The summed E-state index contributed by atoms with van der Waals surface area (Å²) in [6, 6.07) is 0. The van der Waals surface area contributed by atoms with Crippen LogP contribution in [0.15, 0.2) is 6.20 Å². The van der Waals surface area contributed by atoms with E-state index in [4.69, 9.17) is 5.73 Å². The molecule has 6 heteroatoms. The zero-order chi connectivity index (χ0) is 12.7. The Bertz CT molecular complexity index is 380. The summed E-state index contributed by atoms with van der Waals surface area (Å²) in [5, 5.41) is 6.22. The molecule has 1 rings (SSSR count). The number of rotatable bonds is 7. The third kappa shape index (κ3) is 4.67. The van der Waals surface area contributed by atoms with Crippen LogP contribution in [0.1, 0.15) is 25.3 Å². The first-order valence-corrected chi connectivity index (χ1v) is 5.73. The lowest BCUT2D eigenvalue weighted by Crippen LogP contribution is -2.14. The molecule has 0 radical (unpaired) electrons. The molecule has 0 saturated heterocycles. The Labute approximate surface area is 101 Å². The number of carbonyl (C=O) groups is 1. The second kappa shape index (κ2) is 6.67. The Balaban J connectivity index is 2.51. The van der Waals surface area contributed by atoms with Gasteiger partial charge in [-0.15, -0.1) is 0 Å². The molecule has 4 N–H and O–H groups in total. The van der Waals surface area contributed by atoms with Crippen molar-refractivity contribution in [1.82, 2.24) is 9.97 Å². The van der Waals surface area contributed by atoms with Gasteiger partial charge < -0.3 is 16.4 Å². The van der Waals surface area contributed by atoms with Gasteiger partial charge in [0.05, 0.1) is 0 Å². The van der Waals surface area contributed by atoms with Crippen LogP contribution in [-0.2, 0) is 4.79 Å². The fourth-order valence-electron chi connectivity index (χ4n) is 1.33. The summed E-state index contributed by atoms with van der Waals surface area (Å²) >= 11 is 0. The highest BCUT2D eigenvalue weighted by Gasteiger charge is 2.02. The zero-order valence-electron chi connectivity index (χ0n) is 10.3. The van der Waals surface area contributed by atoms with E-state index < -0.39 is 0 Å². The van der Waals surface area contributed by atoms with Gasteiger partial charge in [0.2, 0.25) is 11.9 Å². The van der Waals surface area contributed by atoms with E-state index in [1.54, 1.807) is 6.20 Å². The maximum absolute atomic E-state index is 10.6. The monoisotopic (exact) mass is 237 g/mol. The summed E-state index contributed by atoms with van der Waals surface area (Å²) in [5.74, 6) is 1.12. The predicted octanol–water partition coefficient (Wildman–Crippen LogP) is 0.894. The molecule has 0 aliphatic heterocycles. The Morgan fingerprint density at radius 1 is 1.47 bits per heavy atom. The molecule has 1 aromatic heterocycles. The number of aromatic nitrogens is 2. The Morgan fingerprint density at radius 2 is 2.24 bits per heavy atom. The van der Waals surface area contributed by atoms with Crippen molar-refractivity contribution in [1.29, 1.82) is 0 Å². The number of anilines is 2. The molecule has 1 aromatic rings. The molecule has 94 valence electrons. The third-order valence-corrected chi connectivity index (χ3v) is 2.20. The van der Waals surface area contributed by atoms with E-state index in [1.807, 2.05) is 13.8 Å². The molecular weight excluding hydrogens is 218 g/mol. The first-order chi connectivity index (χ1) is 8.13. The minimum atomic E-state index is -0.278. The molecule has 6 nitrogen and oxygen atoms in total. The lowest BCUT2D eigenvalue weighted by atomic mass is 10.3. The smallest absolute Gasteiger partial charge is 0.224 e. The molecule has 0 aliphatic carbocycles. The van der Waals surface area contributed by atoms with E-state index in [9.17, 15) is 4.79 Å². The molecule has 1 amide bonds. The topological polar surface area (TPSA) is 92.9 Å². The molecular formula is C11H19N5O. The van der Waals surface area contributed by atoms with Crippen molar-refractivity contribution in [3.05, 3.63) is 11.8 Å². The van der Waals surface area contributed by atoms with E-state index in [2.05, 4.69) is 20.6 Å². The molecule has 0 bridgehead atoms. The van der Waals surface area contributed by atoms with Gasteiger partial charge in [-0.2, -0.15) is 4.98 Å². The van der Waals surface area contributed by atoms with Gasteiger partial charge in [0, 0.05) is 31.3 Å². The summed E-state index contributed by atoms with van der Waals surface area (Å²) in [4.78, 5) is 19.1. The first kappa shape index (κ1) is 13.2. The summed E-state index contributed by atoms with van der Waals surface area (Å²) in [6.45, 7) is 5.38. The van der Waals surface area contributed by atoms with E-state index in [1.165, 1.54) is 0 Å². The summed E-state index contributed by atoms with van der Waals surface area (Å²) in [7, 11) is 0. The van der Waals surface area contributed by atoms with E-state index in [0.717, 1.165) is 17.9 Å². The number of amides is 1. The summed E-state index contributed by atoms with van der Waals surface area (Å²) in [6.07, 6.45) is 2.86. The Kier molecular flexibility index (Phi) is 5.19. The van der Waals surface area contributed by atoms with E-state index in [0.29, 0.717) is 25.3 Å². The second-order valence-corrected chi connectivity index (χ2v) is 3.75. The first-order valence-electron chi connectivity index (χ1n) is 5.73. The van der Waals surface area contributed by atoms with Crippen LogP contribution in [0.2, 0.25) is 0 Å². The predicted molar refractivity (Wildman–Crippen MR) is 67.9 cm³/mol. The fraction of sp³-hybridized carbons (Fsp3) is 0.545. The van der Waals surface area contributed by atoms with E-state index in [-0.39, 0.29) is 5.91 Å². The van der Waals surface area contributed by atoms with Crippen LogP contribution in [-0.4, -0.2) is 29.0 Å². The number of primary amides is 1. The average molecular weight is 237 g/mol. The number of hydrogen-bond acceptors (Lipinski definition) is 5. The van der Waals surface area contributed by atoms with Crippen molar-refractivity contribution in [3.63, 3.8) is 0 Å². The third-order valence-electron chi connectivity index (χ3n) is 2.20. The SMILES string of the molecule is CCNc1ncc(C)c(NCCCC(N)=O)n1. The molecule has 0 unspecified atom stereocenters. The van der Waals surface area contributed by atoms with Crippen LogP contribution in [0.5, 0.6) is 0 Å². The number of nitrogens with two attached hydrogens (primary N) is 1. The standard InChI is InChI=1S/C11H19N5O/c1-3-13-11-15-7-8(2)10(16-11)14-6-4-5-9(12)17/h7H,3-6H2,1-2H3,(H2,12,17)(H2,13,14,15,16). The highest BCUT2D eigenvalue weighted by molar-refractivity contribution is 5.73. The number of nitrogens with zero attached hydrogens (tertiary/aromatic N) is 2. The maximum Gasteiger partial charge on any atom is 0.224 e. The molecule has 0 aromatic carbocycles. The molecule has 0 atom stereocenters. The molecule has 0 spiro atoms. The lowest BCUT2D eigenvalue weighted by Gasteiger charge is -2.09. The second-order valence-electron chi connectivity index (χ2n) is 3.75. The molecule has 0 fully saturated rings. The van der Waals surface area contributed by atoms with Gasteiger partial charge in [0.1, 0.15) is 5.82 Å². The minimum Gasteiger partial charge on any atom is -0.370 e. The van der Waals surface area contributed by atoms with Crippen LogP contribution in [0.3, 0.4) is 0 Å². The minimum absolute atomic E-state index is 0.278. The Morgan fingerprint density at radius 3 is 2.88 bits per heavy atom. The fourth-order valence-corrected chi connectivity index (χ4v) is 1.33. The van der Waals surface area contributed by atoms with Crippen molar-refractivity contribution in [2.45, 2.75) is 26.7 Å². The van der Waals surface area contributed by atoms with Crippen molar-refractivity contribution in [2.24, 2.45) is 5.73 Å². The average Bonchev–Trinajstić information content (AvgIpc) is 2.28. The van der Waals surface area contributed by atoms with Gasteiger partial charge in [0.15, 0.2) is 0 Å². The zero-order valence-corrected chi connectivity index (χ0v) is 10.3. The van der Waals surface area contributed by atoms with Gasteiger partial charge in [-0.1, -0.05) is 0 Å². The summed E-state index contributed by atoms with van der Waals surface area (Å²) in [5.41, 5.74) is 6.04. The van der Waals surface area contributed by atoms with Crippen molar-refractivity contribution < 1.29 is 4.79 Å². The van der Waals surface area contributed by atoms with Crippen LogP contribution >= 0.6 is 0 Å². The van der Waals surface area contributed by atoms with Gasteiger partial charge >= 0.3 is 0 Å². The van der Waals surface area contributed by atoms with Crippen LogP contribution in [0.25, 0.3) is 0 Å². The number of hydrogen-bond donors (Lipinski definition) is 3. The molecule has 17 heavy (non-hydrogen) atoms. The van der Waals surface area contributed by atoms with Gasteiger partial charge in [-0.3, -0.25) is 4.79 Å². The molecule has 1 heterocycles. The molecule has 0 aliphatic rings. The lowest BCUT2D eigenvalue weighted by molar-refractivity contribution is -0.118. The number of carbonyl (C=O) groups excluding carboxylic acids is 1. The van der Waals surface area contributed by atoms with Crippen molar-refractivity contribution in [2.75, 3.05) is 23.7 Å². The van der Waals surface area contributed by atoms with Crippen LogP contribution in [0.4, 0.5) is 11.8 Å². The normalized spacial score (nSPS) is 10.0. The van der Waals surface area contributed by atoms with Crippen LogP contribution in [0, 0.1) is 6.92 Å². The number of nitrogens with one attached hydrogen (secondary N) is 2. The maximum atomic E-state index is 10.6. The number of aryl methyl sites for hydroxylation is 1.